The highest BCUT2D eigenvalue weighted by Crippen LogP contribution is 2.22. The molecule has 2 aromatic heterocycles. The molecule has 0 fully saturated rings. The number of nitrogens with one attached hydrogen (secondary N) is 2. The van der Waals surface area contributed by atoms with E-state index in [2.05, 4.69) is 9.97 Å². The van der Waals surface area contributed by atoms with Gasteiger partial charge in [-0.15, -0.1) is 0 Å². The number of hydrogen-bond acceptors (Lipinski definition) is 4. The average molecular weight is 400 g/mol. The minimum absolute atomic E-state index is 0.00164. The van der Waals surface area contributed by atoms with Crippen LogP contribution in [0.2, 0.25) is 0 Å². The van der Waals surface area contributed by atoms with Crippen molar-refractivity contribution in [2.45, 2.75) is 0 Å². The maximum atomic E-state index is 13.0. The quantitative estimate of drug-likeness (QED) is 0.336. The van der Waals surface area contributed by atoms with Gasteiger partial charge in [-0.1, -0.05) is 0 Å². The van der Waals surface area contributed by atoms with E-state index in [9.17, 15) is 29.4 Å². The zero-order valence-corrected chi connectivity index (χ0v) is 15.1. The van der Waals surface area contributed by atoms with E-state index in [-0.39, 0.29) is 32.8 Å². The van der Waals surface area contributed by atoms with Gasteiger partial charge in [-0.3, -0.25) is 9.59 Å². The van der Waals surface area contributed by atoms with E-state index < -0.39 is 11.9 Å². The third-order valence-electron chi connectivity index (χ3n) is 5.21. The molecule has 3 aromatic carbocycles. The highest BCUT2D eigenvalue weighted by molar-refractivity contribution is 6.04. The van der Waals surface area contributed by atoms with Crippen molar-refractivity contribution in [3.8, 4) is 0 Å². The number of carbonyl (C=O) groups is 2. The summed E-state index contributed by atoms with van der Waals surface area (Å²) in [5, 5.41) is 19.4. The van der Waals surface area contributed by atoms with Gasteiger partial charge in [-0.25, -0.2) is 9.59 Å². The highest BCUT2D eigenvalue weighted by atomic mass is 16.4. The van der Waals surface area contributed by atoms with E-state index in [0.29, 0.717) is 32.8 Å². The summed E-state index contributed by atoms with van der Waals surface area (Å²) >= 11 is 0. The Morgan fingerprint density at radius 3 is 1.30 bits per heavy atom. The summed E-state index contributed by atoms with van der Waals surface area (Å²) in [6.45, 7) is 0. The Balaban J connectivity index is 1.89. The number of carboxylic acids is 2. The molecule has 0 atom stereocenters. The normalized spacial score (nSPS) is 11.5. The number of carboxylic acid groups (broad SMARTS) is 2. The van der Waals surface area contributed by atoms with Gasteiger partial charge in [0.25, 0.3) is 0 Å². The van der Waals surface area contributed by atoms with Crippen molar-refractivity contribution in [2.24, 2.45) is 0 Å². The van der Waals surface area contributed by atoms with Crippen LogP contribution in [0.4, 0.5) is 0 Å². The molecule has 146 valence electrons. The maximum Gasteiger partial charge on any atom is 0.335 e. The fourth-order valence-corrected chi connectivity index (χ4v) is 3.71. The lowest BCUT2D eigenvalue weighted by Gasteiger charge is -2.08. The molecule has 0 amide bonds. The zero-order chi connectivity index (χ0) is 21.2. The van der Waals surface area contributed by atoms with Crippen LogP contribution in [0.1, 0.15) is 20.7 Å². The number of aromatic carboxylic acids is 2. The van der Waals surface area contributed by atoms with Crippen LogP contribution in [-0.2, 0) is 0 Å². The summed E-state index contributed by atoms with van der Waals surface area (Å²) in [7, 11) is 0. The predicted molar refractivity (Wildman–Crippen MR) is 112 cm³/mol. The second kappa shape index (κ2) is 6.02. The molecule has 0 spiro atoms. The number of aromatic amines is 2. The Morgan fingerprint density at radius 2 is 0.933 bits per heavy atom. The van der Waals surface area contributed by atoms with E-state index >= 15 is 0 Å². The van der Waals surface area contributed by atoms with Gasteiger partial charge in [0, 0.05) is 32.6 Å². The summed E-state index contributed by atoms with van der Waals surface area (Å²) in [4.78, 5) is 54.6. The van der Waals surface area contributed by atoms with Gasteiger partial charge in [-0.2, -0.15) is 0 Å². The molecule has 0 saturated heterocycles. The monoisotopic (exact) mass is 400 g/mol. The lowest BCUT2D eigenvalue weighted by Crippen LogP contribution is -2.09. The predicted octanol–water partition coefficient (Wildman–Crippen LogP) is 3.07. The van der Waals surface area contributed by atoms with Gasteiger partial charge in [0.1, 0.15) is 0 Å². The van der Waals surface area contributed by atoms with Crippen molar-refractivity contribution in [2.75, 3.05) is 0 Å². The van der Waals surface area contributed by atoms with Crippen LogP contribution in [-0.4, -0.2) is 32.1 Å². The van der Waals surface area contributed by atoms with Gasteiger partial charge in [-0.05, 0) is 48.5 Å². The van der Waals surface area contributed by atoms with Crippen molar-refractivity contribution in [1.29, 1.82) is 0 Å². The number of hydrogen-bond donors (Lipinski definition) is 4. The summed E-state index contributed by atoms with van der Waals surface area (Å²) in [6.07, 6.45) is 0. The van der Waals surface area contributed by atoms with Gasteiger partial charge >= 0.3 is 11.9 Å². The van der Waals surface area contributed by atoms with Gasteiger partial charge in [0.15, 0.2) is 10.9 Å². The standard InChI is InChI=1S/C22H12N2O6/c25-19-11-5-9(21(27)28)1-3-15(11)23-17-7-14-18(8-13(17)19)24-16-4-2-10(22(29)30)6-12(16)20(14)26/h1-8H,(H,23,25)(H,24,26)(H,27,28)(H,29,30). The zero-order valence-electron chi connectivity index (χ0n) is 15.1. The molecule has 2 heterocycles. The van der Waals surface area contributed by atoms with Crippen molar-refractivity contribution in [1.82, 2.24) is 9.97 Å². The Morgan fingerprint density at radius 1 is 0.567 bits per heavy atom. The SMILES string of the molecule is O=C(O)c1ccc2[nH]c3cc4c(=O)c5cc(C(=O)O)ccc5[nH]c4cc3c(=O)c2c1. The van der Waals surface area contributed by atoms with Gasteiger partial charge in [0.05, 0.1) is 22.2 Å². The van der Waals surface area contributed by atoms with Crippen LogP contribution in [0, 0.1) is 0 Å². The number of fused-ring (bicyclic) bond motifs is 4. The Bertz CT molecular complexity index is 1570. The van der Waals surface area contributed by atoms with E-state index in [0.717, 1.165) is 0 Å². The molecule has 8 nitrogen and oxygen atoms in total. The fraction of sp³-hybridized carbons (Fsp3) is 0. The van der Waals surface area contributed by atoms with Crippen molar-refractivity contribution >= 4 is 55.6 Å². The summed E-state index contributed by atoms with van der Waals surface area (Å²) in [5.41, 5.74) is 1.02. The number of aromatic nitrogens is 2. The average Bonchev–Trinajstić information content (AvgIpc) is 2.73. The van der Waals surface area contributed by atoms with Crippen LogP contribution >= 0.6 is 0 Å². The smallest absolute Gasteiger partial charge is 0.335 e. The fourth-order valence-electron chi connectivity index (χ4n) is 3.71. The molecule has 8 heteroatoms. The minimum atomic E-state index is -1.13. The lowest BCUT2D eigenvalue weighted by molar-refractivity contribution is 0.0686. The molecule has 5 aromatic rings. The number of H-pyrrole nitrogens is 2. The molecule has 0 aliphatic rings. The van der Waals surface area contributed by atoms with E-state index in [1.165, 1.54) is 36.4 Å². The number of benzene rings is 3. The molecular formula is C22H12N2O6. The van der Waals surface area contributed by atoms with Crippen LogP contribution in [0.25, 0.3) is 43.6 Å². The Hall–Kier alpha value is -4.46. The third kappa shape index (κ3) is 2.47. The molecule has 5 rings (SSSR count). The molecule has 0 aliphatic heterocycles. The second-order valence-corrected chi connectivity index (χ2v) is 6.98. The largest absolute Gasteiger partial charge is 0.478 e. The lowest BCUT2D eigenvalue weighted by atomic mass is 10.0. The molecule has 0 aliphatic carbocycles. The van der Waals surface area contributed by atoms with E-state index in [1.807, 2.05) is 0 Å². The number of rotatable bonds is 2. The van der Waals surface area contributed by atoms with E-state index in [4.69, 9.17) is 0 Å². The van der Waals surface area contributed by atoms with Gasteiger partial charge in [0.2, 0.25) is 0 Å². The molecule has 0 radical (unpaired) electrons. The van der Waals surface area contributed by atoms with Crippen LogP contribution in [0.15, 0.2) is 58.1 Å². The van der Waals surface area contributed by atoms with Gasteiger partial charge < -0.3 is 20.2 Å². The number of pyridine rings is 2. The molecule has 0 unspecified atom stereocenters. The minimum Gasteiger partial charge on any atom is -0.478 e. The van der Waals surface area contributed by atoms with E-state index in [1.54, 1.807) is 12.1 Å². The summed E-state index contributed by atoms with van der Waals surface area (Å²) in [6, 6.07) is 11.5. The van der Waals surface area contributed by atoms with Crippen molar-refractivity contribution in [3.63, 3.8) is 0 Å². The summed E-state index contributed by atoms with van der Waals surface area (Å²) < 4.78 is 0. The first-order chi connectivity index (χ1) is 14.3. The van der Waals surface area contributed by atoms with Crippen molar-refractivity contribution in [3.05, 3.63) is 80.1 Å². The first-order valence-electron chi connectivity index (χ1n) is 8.89. The van der Waals surface area contributed by atoms with Crippen molar-refractivity contribution < 1.29 is 19.8 Å². The Kier molecular flexibility index (Phi) is 3.54. The molecule has 4 N–H and O–H groups in total. The molecular weight excluding hydrogens is 388 g/mol. The summed E-state index contributed by atoms with van der Waals surface area (Å²) in [5.74, 6) is -2.27. The first kappa shape index (κ1) is 17.6. The van der Waals surface area contributed by atoms with Crippen LogP contribution in [0.3, 0.4) is 0 Å². The molecule has 30 heavy (non-hydrogen) atoms. The third-order valence-corrected chi connectivity index (χ3v) is 5.21. The highest BCUT2D eigenvalue weighted by Gasteiger charge is 2.14. The Labute approximate surface area is 166 Å². The van der Waals surface area contributed by atoms with Crippen LogP contribution in [0.5, 0.6) is 0 Å². The topological polar surface area (TPSA) is 140 Å². The van der Waals surface area contributed by atoms with Crippen LogP contribution < -0.4 is 10.9 Å². The first-order valence-corrected chi connectivity index (χ1v) is 8.89. The molecule has 0 saturated carbocycles. The second-order valence-electron chi connectivity index (χ2n) is 6.98. The maximum absolute atomic E-state index is 13.0. The molecule has 0 bridgehead atoms.